The first-order chi connectivity index (χ1) is 9.45. The van der Waals surface area contributed by atoms with Crippen molar-refractivity contribution in [3.8, 4) is 0 Å². The van der Waals surface area contributed by atoms with Crippen LogP contribution in [0.2, 0.25) is 0 Å². The third kappa shape index (κ3) is 2.48. The molecule has 2 N–H and O–H groups in total. The number of nitrogens with zero attached hydrogens (tertiary/aromatic N) is 1. The average Bonchev–Trinajstić information content (AvgIpc) is 3.11. The standard InChI is InChI=1S/C13H12F3N3O/c14-13(15,16)9-4-2-1-3-8(9)10-11(20)19-12(18-10)17-7-5-6-7/h1-4,7,10H,5-6H2,(H2,17,18,19,20). The van der Waals surface area contributed by atoms with Crippen LogP contribution < -0.4 is 10.6 Å². The van der Waals surface area contributed by atoms with Gasteiger partial charge in [-0.15, -0.1) is 0 Å². The molecule has 1 fully saturated rings. The van der Waals surface area contributed by atoms with Gasteiger partial charge in [-0.1, -0.05) is 18.2 Å². The Balaban J connectivity index is 1.92. The first-order valence-electron chi connectivity index (χ1n) is 6.26. The number of carbonyl (C=O) groups excluding carboxylic acids is 1. The quantitative estimate of drug-likeness (QED) is 0.872. The van der Waals surface area contributed by atoms with Crippen LogP contribution in [-0.2, 0) is 11.0 Å². The fourth-order valence-corrected chi connectivity index (χ4v) is 2.10. The van der Waals surface area contributed by atoms with Crippen molar-refractivity contribution in [3.05, 3.63) is 35.4 Å². The Bertz CT molecular complexity index is 578. The van der Waals surface area contributed by atoms with Crippen molar-refractivity contribution >= 4 is 11.9 Å². The molecule has 20 heavy (non-hydrogen) atoms. The molecule has 0 bridgehead atoms. The van der Waals surface area contributed by atoms with E-state index in [2.05, 4.69) is 15.6 Å². The maximum absolute atomic E-state index is 13.0. The van der Waals surface area contributed by atoms with Crippen LogP contribution in [0.3, 0.4) is 0 Å². The first kappa shape index (κ1) is 13.0. The Kier molecular flexibility index (Phi) is 2.92. The summed E-state index contributed by atoms with van der Waals surface area (Å²) in [6, 6.07) is 4.15. The summed E-state index contributed by atoms with van der Waals surface area (Å²) in [7, 11) is 0. The minimum Gasteiger partial charge on any atom is -0.353 e. The lowest BCUT2D eigenvalue weighted by molar-refractivity contribution is -0.138. The van der Waals surface area contributed by atoms with Gasteiger partial charge >= 0.3 is 6.18 Å². The van der Waals surface area contributed by atoms with Crippen molar-refractivity contribution in [1.29, 1.82) is 0 Å². The Morgan fingerprint density at radius 2 is 1.95 bits per heavy atom. The van der Waals surface area contributed by atoms with Gasteiger partial charge in [-0.25, -0.2) is 4.99 Å². The van der Waals surface area contributed by atoms with Gasteiger partial charge < -0.3 is 5.32 Å². The van der Waals surface area contributed by atoms with E-state index in [1.807, 2.05) is 0 Å². The van der Waals surface area contributed by atoms with Gasteiger partial charge in [-0.05, 0) is 24.5 Å². The van der Waals surface area contributed by atoms with Gasteiger partial charge in [0.2, 0.25) is 0 Å². The minimum absolute atomic E-state index is 0.120. The van der Waals surface area contributed by atoms with Crippen molar-refractivity contribution in [3.63, 3.8) is 0 Å². The van der Waals surface area contributed by atoms with E-state index in [0.717, 1.165) is 18.9 Å². The van der Waals surface area contributed by atoms with Crippen LogP contribution >= 0.6 is 0 Å². The molecule has 3 rings (SSSR count). The van der Waals surface area contributed by atoms with E-state index in [1.54, 1.807) is 0 Å². The summed E-state index contributed by atoms with van der Waals surface area (Å²) in [6.45, 7) is 0. The lowest BCUT2D eigenvalue weighted by Gasteiger charge is -2.14. The summed E-state index contributed by atoms with van der Waals surface area (Å²) in [5.74, 6) is -0.274. The molecule has 0 saturated heterocycles. The Hall–Kier alpha value is -2.05. The topological polar surface area (TPSA) is 53.5 Å². The predicted octanol–water partition coefficient (Wildman–Crippen LogP) is 1.98. The van der Waals surface area contributed by atoms with E-state index in [9.17, 15) is 18.0 Å². The Morgan fingerprint density at radius 1 is 1.25 bits per heavy atom. The maximum Gasteiger partial charge on any atom is 0.416 e. The molecule has 1 aromatic carbocycles. The SMILES string of the molecule is O=C1NC(NC2CC2)=NC1c1ccccc1C(F)(F)F. The molecule has 1 unspecified atom stereocenters. The highest BCUT2D eigenvalue weighted by Gasteiger charge is 2.39. The number of rotatable bonds is 2. The summed E-state index contributed by atoms with van der Waals surface area (Å²) in [6.07, 6.45) is -2.53. The molecule has 0 aromatic heterocycles. The number of guanidine groups is 1. The van der Waals surface area contributed by atoms with Gasteiger partial charge in [0.05, 0.1) is 5.56 Å². The highest BCUT2D eigenvalue weighted by molar-refractivity contribution is 6.05. The van der Waals surface area contributed by atoms with Gasteiger partial charge in [0.1, 0.15) is 0 Å². The fourth-order valence-electron chi connectivity index (χ4n) is 2.10. The molecule has 106 valence electrons. The van der Waals surface area contributed by atoms with Crippen LogP contribution in [0.1, 0.15) is 30.0 Å². The zero-order valence-corrected chi connectivity index (χ0v) is 10.4. The van der Waals surface area contributed by atoms with Crippen molar-refractivity contribution in [1.82, 2.24) is 10.6 Å². The smallest absolute Gasteiger partial charge is 0.353 e. The monoisotopic (exact) mass is 283 g/mol. The maximum atomic E-state index is 13.0. The molecule has 1 aromatic rings. The van der Waals surface area contributed by atoms with E-state index < -0.39 is 23.7 Å². The molecule has 2 aliphatic rings. The van der Waals surface area contributed by atoms with Gasteiger partial charge in [0, 0.05) is 6.04 Å². The van der Waals surface area contributed by atoms with Crippen LogP contribution in [0.25, 0.3) is 0 Å². The number of halogens is 3. The van der Waals surface area contributed by atoms with Crippen molar-refractivity contribution in [2.75, 3.05) is 0 Å². The second-order valence-corrected chi connectivity index (χ2v) is 4.87. The zero-order valence-electron chi connectivity index (χ0n) is 10.4. The second-order valence-electron chi connectivity index (χ2n) is 4.87. The largest absolute Gasteiger partial charge is 0.416 e. The Labute approximate surface area is 113 Å². The molecule has 1 heterocycles. The minimum atomic E-state index is -4.50. The van der Waals surface area contributed by atoms with Crippen LogP contribution in [0.5, 0.6) is 0 Å². The first-order valence-corrected chi connectivity index (χ1v) is 6.26. The number of hydrogen-bond acceptors (Lipinski definition) is 3. The molecule has 1 saturated carbocycles. The van der Waals surface area contributed by atoms with Crippen LogP contribution in [0.4, 0.5) is 13.2 Å². The third-order valence-electron chi connectivity index (χ3n) is 3.23. The average molecular weight is 283 g/mol. The summed E-state index contributed by atoms with van der Waals surface area (Å²) in [4.78, 5) is 15.9. The third-order valence-corrected chi connectivity index (χ3v) is 3.23. The predicted molar refractivity (Wildman–Crippen MR) is 65.9 cm³/mol. The normalized spacial score (nSPS) is 22.4. The van der Waals surface area contributed by atoms with Gasteiger partial charge in [0.15, 0.2) is 12.0 Å². The van der Waals surface area contributed by atoms with E-state index in [1.165, 1.54) is 18.2 Å². The second kappa shape index (κ2) is 4.50. The van der Waals surface area contributed by atoms with Crippen molar-refractivity contribution in [2.45, 2.75) is 31.1 Å². The van der Waals surface area contributed by atoms with Crippen LogP contribution in [-0.4, -0.2) is 17.9 Å². The number of amides is 1. The number of carbonyl (C=O) groups is 1. The molecule has 0 radical (unpaired) electrons. The lowest BCUT2D eigenvalue weighted by Crippen LogP contribution is -2.37. The summed E-state index contributed by atoms with van der Waals surface area (Å²) in [5, 5.41) is 5.46. The molecule has 4 nitrogen and oxygen atoms in total. The molecule has 1 aliphatic heterocycles. The van der Waals surface area contributed by atoms with E-state index in [4.69, 9.17) is 0 Å². The molecular weight excluding hydrogens is 271 g/mol. The number of nitrogens with one attached hydrogen (secondary N) is 2. The van der Waals surface area contributed by atoms with Crippen LogP contribution in [0, 0.1) is 0 Å². The summed E-state index contributed by atoms with van der Waals surface area (Å²) < 4.78 is 38.9. The number of hydrogen-bond donors (Lipinski definition) is 2. The molecule has 1 amide bonds. The molecule has 1 aliphatic carbocycles. The number of alkyl halides is 3. The number of benzene rings is 1. The molecule has 0 spiro atoms. The fraction of sp³-hybridized carbons (Fsp3) is 0.385. The van der Waals surface area contributed by atoms with E-state index in [-0.39, 0.29) is 17.6 Å². The summed E-state index contributed by atoms with van der Waals surface area (Å²) >= 11 is 0. The summed E-state index contributed by atoms with van der Waals surface area (Å²) in [5.41, 5.74) is -0.943. The number of aliphatic imine (C=N–C) groups is 1. The van der Waals surface area contributed by atoms with E-state index in [0.29, 0.717) is 0 Å². The van der Waals surface area contributed by atoms with Crippen LogP contribution in [0.15, 0.2) is 29.3 Å². The Morgan fingerprint density at radius 3 is 2.60 bits per heavy atom. The highest BCUT2D eigenvalue weighted by Crippen LogP contribution is 2.36. The highest BCUT2D eigenvalue weighted by atomic mass is 19.4. The van der Waals surface area contributed by atoms with Gasteiger partial charge in [0.25, 0.3) is 5.91 Å². The van der Waals surface area contributed by atoms with Crippen molar-refractivity contribution in [2.24, 2.45) is 4.99 Å². The zero-order chi connectivity index (χ0) is 14.3. The lowest BCUT2D eigenvalue weighted by atomic mass is 10.0. The van der Waals surface area contributed by atoms with E-state index >= 15 is 0 Å². The van der Waals surface area contributed by atoms with Gasteiger partial charge in [-0.2, -0.15) is 13.2 Å². The van der Waals surface area contributed by atoms with Crippen molar-refractivity contribution < 1.29 is 18.0 Å². The molecule has 7 heteroatoms. The molecule has 1 atom stereocenters. The van der Waals surface area contributed by atoms with Gasteiger partial charge in [-0.3, -0.25) is 10.1 Å². The molecular formula is C13H12F3N3O.